The molecule has 3 aliphatic rings. The van der Waals surface area contributed by atoms with Crippen LogP contribution in [0.3, 0.4) is 0 Å². The van der Waals surface area contributed by atoms with Gasteiger partial charge in [-0.25, -0.2) is 9.59 Å². The van der Waals surface area contributed by atoms with E-state index in [-0.39, 0.29) is 18.2 Å². The number of aromatic nitrogens is 3. The first-order valence-electron chi connectivity index (χ1n) is 15.6. The van der Waals surface area contributed by atoms with Crippen LogP contribution in [0.4, 0.5) is 15.3 Å². The summed E-state index contributed by atoms with van der Waals surface area (Å²) in [5.41, 5.74) is 4.72. The number of nitrogens with zero attached hydrogens (tertiary/aromatic N) is 4. The summed E-state index contributed by atoms with van der Waals surface area (Å²) >= 11 is 0. The Hall–Kier alpha value is -4.93. The highest BCUT2D eigenvalue weighted by Gasteiger charge is 2.45. The highest BCUT2D eigenvalue weighted by molar-refractivity contribution is 5.89. The van der Waals surface area contributed by atoms with Crippen molar-refractivity contribution in [1.29, 1.82) is 0 Å². The van der Waals surface area contributed by atoms with Crippen LogP contribution in [0.2, 0.25) is 0 Å². The van der Waals surface area contributed by atoms with E-state index in [0.29, 0.717) is 39.0 Å². The van der Waals surface area contributed by atoms with E-state index >= 15 is 0 Å². The van der Waals surface area contributed by atoms with Gasteiger partial charge in [-0.05, 0) is 55.2 Å². The van der Waals surface area contributed by atoms with Crippen molar-refractivity contribution >= 4 is 34.7 Å². The zero-order valence-electron chi connectivity index (χ0n) is 25.2. The number of amides is 3. The van der Waals surface area contributed by atoms with Crippen molar-refractivity contribution in [2.45, 2.75) is 56.7 Å². The lowest BCUT2D eigenvalue weighted by molar-refractivity contribution is -0.142. The molecule has 3 amide bonds. The van der Waals surface area contributed by atoms with Gasteiger partial charge in [-0.3, -0.25) is 20.2 Å². The molecule has 11 nitrogen and oxygen atoms in total. The summed E-state index contributed by atoms with van der Waals surface area (Å²) in [7, 11) is 0. The molecule has 1 unspecified atom stereocenters. The lowest BCUT2D eigenvalue weighted by Crippen LogP contribution is -2.51. The van der Waals surface area contributed by atoms with E-state index in [2.05, 4.69) is 20.5 Å². The molecule has 2 N–H and O–H groups in total. The van der Waals surface area contributed by atoms with Crippen LogP contribution < -0.4 is 5.32 Å². The van der Waals surface area contributed by atoms with Gasteiger partial charge in [0.25, 0.3) is 5.91 Å². The number of hydrogen-bond donors (Lipinski definition) is 2. The number of anilines is 1. The molecule has 1 atom stereocenters. The average Bonchev–Trinajstić information content (AvgIpc) is 3.54. The molecule has 7 rings (SSSR count). The molecule has 232 valence electrons. The predicted octanol–water partition coefficient (Wildman–Crippen LogP) is 5.27. The van der Waals surface area contributed by atoms with Crippen LogP contribution in [0.5, 0.6) is 0 Å². The van der Waals surface area contributed by atoms with Gasteiger partial charge in [0, 0.05) is 74.2 Å². The van der Waals surface area contributed by atoms with Gasteiger partial charge in [0.1, 0.15) is 5.60 Å². The number of aryl methyl sites for hydroxylation is 1. The molecule has 2 aromatic carbocycles. The number of carbonyl (C=O) groups is 3. The Morgan fingerprint density at radius 3 is 2.60 bits per heavy atom. The maximum Gasteiger partial charge on any atom is 0.412 e. The number of aromatic amines is 1. The van der Waals surface area contributed by atoms with Crippen molar-refractivity contribution in [3.8, 4) is 0 Å². The van der Waals surface area contributed by atoms with Gasteiger partial charge in [0.05, 0.1) is 17.4 Å². The van der Waals surface area contributed by atoms with Crippen molar-refractivity contribution in [2.75, 3.05) is 31.5 Å². The third-order valence-electron chi connectivity index (χ3n) is 9.43. The second-order valence-corrected chi connectivity index (χ2v) is 12.2. The van der Waals surface area contributed by atoms with E-state index in [1.54, 1.807) is 17.3 Å². The number of H-pyrrole nitrogens is 1. The SMILES string of the molecule is Cc1cc(CC(OC(=O)N2CCC3(CC2)OC(=O)Nc2ccccc23)C(=O)N2CCC(c3ccccn3)CC2)cc2cn[nH]c12. The van der Waals surface area contributed by atoms with Crippen molar-refractivity contribution in [1.82, 2.24) is 25.0 Å². The highest BCUT2D eigenvalue weighted by Crippen LogP contribution is 2.43. The average molecular weight is 609 g/mol. The van der Waals surface area contributed by atoms with Gasteiger partial charge in [0.15, 0.2) is 6.10 Å². The minimum atomic E-state index is -0.985. The van der Waals surface area contributed by atoms with Gasteiger partial charge in [0.2, 0.25) is 0 Å². The fraction of sp³-hybridized carbons (Fsp3) is 0.382. The molecule has 2 saturated heterocycles. The summed E-state index contributed by atoms with van der Waals surface area (Å²) in [5, 5.41) is 10.9. The molecule has 0 aliphatic carbocycles. The van der Waals surface area contributed by atoms with Crippen LogP contribution in [0, 0.1) is 6.92 Å². The lowest BCUT2D eigenvalue weighted by Gasteiger charge is -2.44. The quantitative estimate of drug-likeness (QED) is 0.316. The fourth-order valence-corrected chi connectivity index (χ4v) is 7.02. The third-order valence-corrected chi connectivity index (χ3v) is 9.43. The molecule has 0 bridgehead atoms. The summed E-state index contributed by atoms with van der Waals surface area (Å²) < 4.78 is 11.9. The Kier molecular flexibility index (Phi) is 7.60. The van der Waals surface area contributed by atoms with Crippen LogP contribution >= 0.6 is 0 Å². The Balaban J connectivity index is 1.07. The second-order valence-electron chi connectivity index (χ2n) is 12.2. The standard InChI is InChI=1S/C34H36N6O5/c1-22-18-23(19-25-21-36-38-30(22)25)20-29(31(41)39-14-9-24(10-15-39)27-7-4-5-13-35-27)44-33(43)40-16-11-34(12-17-40)26-6-2-3-8-28(26)37-32(42)45-34/h2-8,13,18-19,21,24,29H,9-12,14-17,20H2,1H3,(H,36,38)(H,37,42). The number of likely N-dealkylation sites (tertiary alicyclic amines) is 2. The Morgan fingerprint density at radius 2 is 1.82 bits per heavy atom. The first-order chi connectivity index (χ1) is 21.9. The van der Waals surface area contributed by atoms with Crippen LogP contribution in [-0.2, 0) is 26.3 Å². The van der Waals surface area contributed by atoms with Gasteiger partial charge < -0.3 is 19.3 Å². The number of ether oxygens (including phenoxy) is 2. The van der Waals surface area contributed by atoms with Crippen LogP contribution in [-0.4, -0.2) is 75.4 Å². The molecule has 11 heteroatoms. The van der Waals surface area contributed by atoms with Crippen molar-refractivity contribution in [2.24, 2.45) is 0 Å². The zero-order chi connectivity index (χ0) is 31.0. The Labute approximate surface area is 260 Å². The molecule has 1 spiro atoms. The Bertz CT molecular complexity index is 1720. The van der Waals surface area contributed by atoms with Crippen LogP contribution in [0.15, 0.2) is 67.0 Å². The summed E-state index contributed by atoms with van der Waals surface area (Å²) in [4.78, 5) is 47.9. The van der Waals surface area contributed by atoms with E-state index in [1.165, 1.54) is 0 Å². The minimum Gasteiger partial charge on any atom is -0.438 e. The highest BCUT2D eigenvalue weighted by atomic mass is 16.6. The van der Waals surface area contributed by atoms with E-state index in [4.69, 9.17) is 9.47 Å². The van der Waals surface area contributed by atoms with E-state index < -0.39 is 23.9 Å². The number of pyridine rings is 1. The maximum absolute atomic E-state index is 14.0. The van der Waals surface area contributed by atoms with Gasteiger partial charge >= 0.3 is 12.2 Å². The van der Waals surface area contributed by atoms with E-state index in [9.17, 15) is 14.4 Å². The summed E-state index contributed by atoms with van der Waals surface area (Å²) in [5.74, 6) is 0.0970. The molecule has 45 heavy (non-hydrogen) atoms. The van der Waals surface area contributed by atoms with Gasteiger partial charge in [-0.1, -0.05) is 30.3 Å². The Morgan fingerprint density at radius 1 is 1.04 bits per heavy atom. The lowest BCUT2D eigenvalue weighted by atomic mass is 9.82. The number of piperidine rings is 2. The first kappa shape index (κ1) is 28.8. The number of rotatable bonds is 5. The normalized spacial score (nSPS) is 18.6. The monoisotopic (exact) mass is 608 g/mol. The largest absolute Gasteiger partial charge is 0.438 e. The molecule has 4 aromatic rings. The first-order valence-corrected chi connectivity index (χ1v) is 15.6. The summed E-state index contributed by atoms with van der Waals surface area (Å²) in [6, 6.07) is 17.5. The number of nitrogens with one attached hydrogen (secondary N) is 2. The second kappa shape index (κ2) is 11.9. The third kappa shape index (κ3) is 5.70. The summed E-state index contributed by atoms with van der Waals surface area (Å²) in [6.45, 7) is 3.79. The number of para-hydroxylation sites is 1. The van der Waals surface area contributed by atoms with E-state index in [1.807, 2.05) is 66.4 Å². The fourth-order valence-electron chi connectivity index (χ4n) is 7.02. The molecule has 0 radical (unpaired) electrons. The van der Waals surface area contributed by atoms with Crippen LogP contribution in [0.1, 0.15) is 54.0 Å². The zero-order valence-corrected chi connectivity index (χ0v) is 25.2. The minimum absolute atomic E-state index is 0.192. The number of fused-ring (bicyclic) bond motifs is 3. The number of carbonyl (C=O) groups excluding carboxylic acids is 3. The number of benzene rings is 2. The smallest absolute Gasteiger partial charge is 0.412 e. The van der Waals surface area contributed by atoms with Crippen molar-refractivity contribution in [3.63, 3.8) is 0 Å². The molecule has 0 saturated carbocycles. The maximum atomic E-state index is 14.0. The molecule has 3 aliphatic heterocycles. The van der Waals surface area contributed by atoms with Crippen molar-refractivity contribution < 1.29 is 23.9 Å². The topological polar surface area (TPSA) is 130 Å². The van der Waals surface area contributed by atoms with Gasteiger partial charge in [-0.15, -0.1) is 0 Å². The van der Waals surface area contributed by atoms with Crippen LogP contribution in [0.25, 0.3) is 10.9 Å². The molecule has 5 heterocycles. The molecular weight excluding hydrogens is 572 g/mol. The van der Waals surface area contributed by atoms with Gasteiger partial charge in [-0.2, -0.15) is 5.10 Å². The molecular formula is C34H36N6O5. The molecule has 2 aromatic heterocycles. The molecule has 2 fully saturated rings. The summed E-state index contributed by atoms with van der Waals surface area (Å²) in [6.07, 6.45) is 4.25. The predicted molar refractivity (Wildman–Crippen MR) is 167 cm³/mol. The van der Waals surface area contributed by atoms with Crippen molar-refractivity contribution in [3.05, 3.63) is 89.4 Å². The van der Waals surface area contributed by atoms with E-state index in [0.717, 1.165) is 51.8 Å². The number of hydrogen-bond acceptors (Lipinski definition) is 7.